The largest absolute Gasteiger partial charge is 0.478 e. The van der Waals surface area contributed by atoms with Crippen molar-refractivity contribution in [1.29, 1.82) is 0 Å². The van der Waals surface area contributed by atoms with Gasteiger partial charge in [0.25, 0.3) is 0 Å². The van der Waals surface area contributed by atoms with Crippen LogP contribution in [0.5, 0.6) is 0 Å². The van der Waals surface area contributed by atoms with E-state index in [0.717, 1.165) is 12.1 Å². The van der Waals surface area contributed by atoms with Crippen molar-refractivity contribution in [2.45, 2.75) is 0 Å². The summed E-state index contributed by atoms with van der Waals surface area (Å²) in [6, 6.07) is 2.04. The zero-order chi connectivity index (χ0) is 13.9. The molecular formula is C11H14FN3O3. The van der Waals surface area contributed by atoms with E-state index in [1.165, 1.54) is 11.9 Å². The molecule has 0 fully saturated rings. The van der Waals surface area contributed by atoms with E-state index in [2.05, 4.69) is 5.32 Å². The second kappa shape index (κ2) is 5.35. The van der Waals surface area contributed by atoms with E-state index in [1.54, 1.807) is 7.05 Å². The minimum absolute atomic E-state index is 0.00738. The van der Waals surface area contributed by atoms with Gasteiger partial charge in [0, 0.05) is 20.2 Å². The van der Waals surface area contributed by atoms with Crippen LogP contribution in [-0.2, 0) is 4.79 Å². The maximum atomic E-state index is 13.5. The van der Waals surface area contributed by atoms with Crippen molar-refractivity contribution in [3.8, 4) is 0 Å². The lowest BCUT2D eigenvalue weighted by Crippen LogP contribution is -2.33. The summed E-state index contributed by atoms with van der Waals surface area (Å²) in [7, 11) is 3.04. The van der Waals surface area contributed by atoms with Crippen LogP contribution in [0.1, 0.15) is 10.4 Å². The van der Waals surface area contributed by atoms with E-state index >= 15 is 0 Å². The number of carbonyl (C=O) groups is 2. The Labute approximate surface area is 103 Å². The number of nitrogen functional groups attached to an aromatic ring is 1. The van der Waals surface area contributed by atoms with E-state index in [9.17, 15) is 14.0 Å². The van der Waals surface area contributed by atoms with Crippen molar-refractivity contribution in [2.24, 2.45) is 0 Å². The smallest absolute Gasteiger partial charge is 0.338 e. The molecule has 0 saturated heterocycles. The Morgan fingerprint density at radius 2 is 2.11 bits per heavy atom. The lowest BCUT2D eigenvalue weighted by atomic mass is 10.1. The zero-order valence-corrected chi connectivity index (χ0v) is 10.0. The lowest BCUT2D eigenvalue weighted by molar-refractivity contribution is -0.119. The highest BCUT2D eigenvalue weighted by Crippen LogP contribution is 2.25. The fraction of sp³-hybridized carbons (Fsp3) is 0.273. The Morgan fingerprint density at radius 1 is 1.50 bits per heavy atom. The molecule has 0 aliphatic heterocycles. The maximum Gasteiger partial charge on any atom is 0.338 e. The number of nitrogens with two attached hydrogens (primary N) is 1. The third kappa shape index (κ3) is 2.88. The third-order valence-corrected chi connectivity index (χ3v) is 2.42. The number of amides is 1. The normalized spacial score (nSPS) is 9.94. The first-order valence-electron chi connectivity index (χ1n) is 5.10. The molecule has 0 aliphatic rings. The molecule has 7 heteroatoms. The lowest BCUT2D eigenvalue weighted by Gasteiger charge is -2.20. The summed E-state index contributed by atoms with van der Waals surface area (Å²) < 4.78 is 13.5. The summed E-state index contributed by atoms with van der Waals surface area (Å²) in [4.78, 5) is 23.3. The Morgan fingerprint density at radius 3 is 2.61 bits per heavy atom. The molecule has 98 valence electrons. The molecule has 0 unspecified atom stereocenters. The number of carbonyl (C=O) groups excluding carboxylic acids is 1. The minimum Gasteiger partial charge on any atom is -0.478 e. The van der Waals surface area contributed by atoms with E-state index in [-0.39, 0.29) is 23.8 Å². The second-order valence-electron chi connectivity index (χ2n) is 3.73. The van der Waals surface area contributed by atoms with Gasteiger partial charge >= 0.3 is 5.97 Å². The highest BCUT2D eigenvalue weighted by molar-refractivity contribution is 5.91. The molecule has 0 spiro atoms. The number of nitrogens with one attached hydrogen (secondary N) is 1. The molecule has 0 aromatic heterocycles. The summed E-state index contributed by atoms with van der Waals surface area (Å²) in [5.41, 5.74) is 5.51. The van der Waals surface area contributed by atoms with E-state index in [1.807, 2.05) is 0 Å². The number of anilines is 2. The first-order chi connectivity index (χ1) is 8.36. The number of halogens is 1. The van der Waals surface area contributed by atoms with Crippen LogP contribution in [0.3, 0.4) is 0 Å². The molecule has 6 nitrogen and oxygen atoms in total. The van der Waals surface area contributed by atoms with Crippen molar-refractivity contribution in [1.82, 2.24) is 5.32 Å². The summed E-state index contributed by atoms with van der Waals surface area (Å²) >= 11 is 0. The highest BCUT2D eigenvalue weighted by Gasteiger charge is 2.16. The zero-order valence-electron chi connectivity index (χ0n) is 10.0. The minimum atomic E-state index is -1.39. The molecule has 0 heterocycles. The van der Waals surface area contributed by atoms with Gasteiger partial charge in [0.05, 0.1) is 23.5 Å². The van der Waals surface area contributed by atoms with E-state index in [0.29, 0.717) is 0 Å². The van der Waals surface area contributed by atoms with Crippen LogP contribution in [0.2, 0.25) is 0 Å². The number of hydrogen-bond acceptors (Lipinski definition) is 4. The van der Waals surface area contributed by atoms with Crippen LogP contribution in [0.25, 0.3) is 0 Å². The van der Waals surface area contributed by atoms with Crippen molar-refractivity contribution in [2.75, 3.05) is 31.3 Å². The molecule has 1 aromatic rings. The number of likely N-dealkylation sites (N-methyl/N-ethyl adjacent to an activating group) is 2. The summed E-state index contributed by atoms with van der Waals surface area (Å²) in [5.74, 6) is -2.55. The average molecular weight is 255 g/mol. The molecule has 0 radical (unpaired) electrons. The van der Waals surface area contributed by atoms with Crippen LogP contribution < -0.4 is 16.0 Å². The van der Waals surface area contributed by atoms with Crippen molar-refractivity contribution in [3.63, 3.8) is 0 Å². The monoisotopic (exact) mass is 255 g/mol. The van der Waals surface area contributed by atoms with Gasteiger partial charge in [0.1, 0.15) is 5.82 Å². The Bertz CT molecular complexity index is 491. The van der Waals surface area contributed by atoms with Crippen LogP contribution in [0, 0.1) is 5.82 Å². The van der Waals surface area contributed by atoms with E-state index < -0.39 is 17.3 Å². The van der Waals surface area contributed by atoms with Gasteiger partial charge in [0.15, 0.2) is 0 Å². The van der Waals surface area contributed by atoms with Crippen molar-refractivity contribution < 1.29 is 19.1 Å². The van der Waals surface area contributed by atoms with Crippen LogP contribution in [-0.4, -0.2) is 37.6 Å². The highest BCUT2D eigenvalue weighted by atomic mass is 19.1. The van der Waals surface area contributed by atoms with Gasteiger partial charge in [-0.15, -0.1) is 0 Å². The standard InChI is InChI=1S/C11H14FN3O3/c1-14-10(16)5-15(2)9-4-7(12)6(11(17)18)3-8(9)13/h3-4H,5,13H2,1-2H3,(H,14,16)(H,17,18). The first kappa shape index (κ1) is 13.8. The molecular weight excluding hydrogens is 241 g/mol. The van der Waals surface area contributed by atoms with E-state index in [4.69, 9.17) is 10.8 Å². The average Bonchev–Trinajstić information content (AvgIpc) is 2.30. The summed E-state index contributed by atoms with van der Waals surface area (Å²) in [6.45, 7) is -0.00738. The number of nitrogens with zero attached hydrogens (tertiary/aromatic N) is 1. The van der Waals surface area contributed by atoms with Gasteiger partial charge in [-0.05, 0) is 6.07 Å². The predicted octanol–water partition coefficient (Wildman–Crippen LogP) is 0.288. The van der Waals surface area contributed by atoms with Gasteiger partial charge in [-0.1, -0.05) is 0 Å². The van der Waals surface area contributed by atoms with Gasteiger partial charge in [-0.3, -0.25) is 4.79 Å². The van der Waals surface area contributed by atoms with Gasteiger partial charge in [-0.2, -0.15) is 0 Å². The fourth-order valence-electron chi connectivity index (χ4n) is 1.45. The molecule has 0 atom stereocenters. The molecule has 0 aliphatic carbocycles. The van der Waals surface area contributed by atoms with Crippen molar-refractivity contribution >= 4 is 23.3 Å². The van der Waals surface area contributed by atoms with Gasteiger partial charge in [0.2, 0.25) is 5.91 Å². The Hall–Kier alpha value is -2.31. The molecule has 1 aromatic carbocycles. The first-order valence-corrected chi connectivity index (χ1v) is 5.10. The molecule has 0 bridgehead atoms. The van der Waals surface area contributed by atoms with Gasteiger partial charge in [-0.25, -0.2) is 9.18 Å². The molecule has 4 N–H and O–H groups in total. The summed E-state index contributed by atoms with van der Waals surface area (Å²) in [6.07, 6.45) is 0. The molecule has 18 heavy (non-hydrogen) atoms. The second-order valence-corrected chi connectivity index (χ2v) is 3.73. The number of aromatic carboxylic acids is 1. The summed E-state index contributed by atoms with van der Waals surface area (Å²) in [5, 5.41) is 11.1. The number of benzene rings is 1. The SMILES string of the molecule is CNC(=O)CN(C)c1cc(F)c(C(=O)O)cc1N. The quantitative estimate of drug-likeness (QED) is 0.672. The third-order valence-electron chi connectivity index (χ3n) is 2.42. The molecule has 1 rings (SSSR count). The maximum absolute atomic E-state index is 13.5. The predicted molar refractivity (Wildman–Crippen MR) is 65.1 cm³/mol. The van der Waals surface area contributed by atoms with Crippen LogP contribution in [0.15, 0.2) is 12.1 Å². The Kier molecular flexibility index (Phi) is 4.09. The topological polar surface area (TPSA) is 95.7 Å². The van der Waals surface area contributed by atoms with Crippen molar-refractivity contribution in [3.05, 3.63) is 23.5 Å². The Balaban J connectivity index is 3.07. The number of hydrogen-bond donors (Lipinski definition) is 3. The molecule has 0 saturated carbocycles. The number of carboxylic acids is 1. The number of rotatable bonds is 4. The molecule has 1 amide bonds. The van der Waals surface area contributed by atoms with Gasteiger partial charge < -0.3 is 21.1 Å². The number of carboxylic acid groups (broad SMARTS) is 1. The fourth-order valence-corrected chi connectivity index (χ4v) is 1.45. The van der Waals surface area contributed by atoms with Crippen LogP contribution >= 0.6 is 0 Å². The van der Waals surface area contributed by atoms with Crippen LogP contribution in [0.4, 0.5) is 15.8 Å².